The first-order valence-corrected chi connectivity index (χ1v) is 6.72. The Kier molecular flexibility index (Phi) is 2.51. The standard InChI is InChI=1S/C17H12O4/c1-10-4-5-12-14(20-10)7-6-11-13(18)9-16(21-17(11)12)15-3-2-8-19-15/h2-10H,1H3. The van der Waals surface area contributed by atoms with E-state index in [0.717, 1.165) is 11.3 Å². The van der Waals surface area contributed by atoms with E-state index in [2.05, 4.69) is 0 Å². The Bertz CT molecular complexity index is 900. The van der Waals surface area contributed by atoms with E-state index in [0.29, 0.717) is 22.5 Å². The molecule has 2 aromatic heterocycles. The molecule has 0 amide bonds. The van der Waals surface area contributed by atoms with Crippen LogP contribution in [0.5, 0.6) is 5.75 Å². The number of hydrogen-bond donors (Lipinski definition) is 0. The lowest BCUT2D eigenvalue weighted by Crippen LogP contribution is -2.13. The summed E-state index contributed by atoms with van der Waals surface area (Å²) in [6.07, 6.45) is 5.42. The van der Waals surface area contributed by atoms with E-state index in [-0.39, 0.29) is 11.5 Å². The highest BCUT2D eigenvalue weighted by atomic mass is 16.5. The lowest BCUT2D eigenvalue weighted by molar-refractivity contribution is 0.266. The molecule has 4 heteroatoms. The maximum atomic E-state index is 12.3. The molecule has 0 bridgehead atoms. The molecule has 0 N–H and O–H groups in total. The molecule has 1 aliphatic rings. The largest absolute Gasteiger partial charge is 0.486 e. The fourth-order valence-corrected chi connectivity index (χ4v) is 2.49. The van der Waals surface area contributed by atoms with Gasteiger partial charge in [-0.15, -0.1) is 0 Å². The minimum Gasteiger partial charge on any atom is -0.486 e. The number of ether oxygens (including phenoxy) is 1. The van der Waals surface area contributed by atoms with Crippen LogP contribution in [-0.2, 0) is 0 Å². The summed E-state index contributed by atoms with van der Waals surface area (Å²) in [5, 5.41) is 0.534. The molecule has 0 saturated heterocycles. The van der Waals surface area contributed by atoms with Gasteiger partial charge in [-0.25, -0.2) is 0 Å². The molecule has 0 fully saturated rings. The van der Waals surface area contributed by atoms with Gasteiger partial charge in [0.05, 0.1) is 17.2 Å². The van der Waals surface area contributed by atoms with E-state index < -0.39 is 0 Å². The second kappa shape index (κ2) is 4.38. The van der Waals surface area contributed by atoms with Crippen molar-refractivity contribution in [3.63, 3.8) is 0 Å². The van der Waals surface area contributed by atoms with E-state index in [1.54, 1.807) is 30.5 Å². The molecule has 4 rings (SSSR count). The zero-order chi connectivity index (χ0) is 14.4. The summed E-state index contributed by atoms with van der Waals surface area (Å²) in [5.74, 6) is 1.66. The lowest BCUT2D eigenvalue weighted by atomic mass is 10.1. The van der Waals surface area contributed by atoms with Crippen LogP contribution < -0.4 is 10.2 Å². The first-order valence-electron chi connectivity index (χ1n) is 6.72. The highest BCUT2D eigenvalue weighted by Crippen LogP contribution is 2.33. The predicted molar refractivity (Wildman–Crippen MR) is 79.3 cm³/mol. The third-order valence-electron chi connectivity index (χ3n) is 3.51. The summed E-state index contributed by atoms with van der Waals surface area (Å²) >= 11 is 0. The van der Waals surface area contributed by atoms with Crippen molar-refractivity contribution in [2.24, 2.45) is 0 Å². The van der Waals surface area contributed by atoms with Crippen LogP contribution in [0.2, 0.25) is 0 Å². The first-order chi connectivity index (χ1) is 10.2. The fraction of sp³-hybridized carbons (Fsp3) is 0.118. The van der Waals surface area contributed by atoms with E-state index in [9.17, 15) is 4.79 Å². The highest BCUT2D eigenvalue weighted by molar-refractivity contribution is 5.89. The Labute approximate surface area is 120 Å². The molecule has 1 aromatic carbocycles. The molecule has 3 aromatic rings. The lowest BCUT2D eigenvalue weighted by Gasteiger charge is -2.18. The normalized spacial score (nSPS) is 16.7. The zero-order valence-corrected chi connectivity index (χ0v) is 11.3. The molecule has 1 atom stereocenters. The smallest absolute Gasteiger partial charge is 0.193 e. The second-order valence-corrected chi connectivity index (χ2v) is 4.99. The Hall–Kier alpha value is -2.75. The quantitative estimate of drug-likeness (QED) is 0.679. The minimum atomic E-state index is -0.0996. The summed E-state index contributed by atoms with van der Waals surface area (Å²) in [4.78, 5) is 12.3. The molecule has 0 aliphatic carbocycles. The molecule has 21 heavy (non-hydrogen) atoms. The third-order valence-corrected chi connectivity index (χ3v) is 3.51. The van der Waals surface area contributed by atoms with Gasteiger partial charge in [-0.2, -0.15) is 0 Å². The van der Waals surface area contributed by atoms with Crippen LogP contribution in [0, 0.1) is 0 Å². The molecule has 0 saturated carbocycles. The monoisotopic (exact) mass is 280 g/mol. The minimum absolute atomic E-state index is 0.00919. The number of hydrogen-bond acceptors (Lipinski definition) is 4. The SMILES string of the molecule is CC1C=Cc2c(ccc3c(=O)cc(-c4ccco4)oc23)O1. The summed E-state index contributed by atoms with van der Waals surface area (Å²) < 4.78 is 16.9. The second-order valence-electron chi connectivity index (χ2n) is 4.99. The van der Waals surface area contributed by atoms with Crippen molar-refractivity contribution in [3.05, 3.63) is 58.5 Å². The van der Waals surface area contributed by atoms with Gasteiger partial charge in [0.15, 0.2) is 16.9 Å². The van der Waals surface area contributed by atoms with Crippen LogP contribution in [0.25, 0.3) is 28.6 Å². The molecular formula is C17H12O4. The van der Waals surface area contributed by atoms with Gasteiger partial charge >= 0.3 is 0 Å². The van der Waals surface area contributed by atoms with Crippen LogP contribution in [0.1, 0.15) is 12.5 Å². The maximum Gasteiger partial charge on any atom is 0.193 e. The van der Waals surface area contributed by atoms with E-state index in [1.807, 2.05) is 19.1 Å². The molecule has 1 aliphatic heterocycles. The van der Waals surface area contributed by atoms with Gasteiger partial charge in [-0.3, -0.25) is 4.79 Å². The third kappa shape index (κ3) is 1.88. The Morgan fingerprint density at radius 1 is 1.14 bits per heavy atom. The van der Waals surface area contributed by atoms with Gasteiger partial charge in [0.1, 0.15) is 17.4 Å². The van der Waals surface area contributed by atoms with Crippen LogP contribution >= 0.6 is 0 Å². The van der Waals surface area contributed by atoms with Crippen LogP contribution in [-0.4, -0.2) is 6.10 Å². The first kappa shape index (κ1) is 12.0. The van der Waals surface area contributed by atoms with Gasteiger partial charge in [-0.1, -0.05) is 0 Å². The summed E-state index contributed by atoms with van der Waals surface area (Å²) in [6, 6.07) is 8.50. The van der Waals surface area contributed by atoms with E-state index >= 15 is 0 Å². The molecule has 1 unspecified atom stereocenters. The Morgan fingerprint density at radius 3 is 2.86 bits per heavy atom. The van der Waals surface area contributed by atoms with Crippen LogP contribution in [0.4, 0.5) is 0 Å². The average molecular weight is 280 g/mol. The molecule has 3 heterocycles. The van der Waals surface area contributed by atoms with Crippen molar-refractivity contribution >= 4 is 17.0 Å². The van der Waals surface area contributed by atoms with Gasteiger partial charge < -0.3 is 13.6 Å². The van der Waals surface area contributed by atoms with Crippen molar-refractivity contribution in [1.29, 1.82) is 0 Å². The van der Waals surface area contributed by atoms with Gasteiger partial charge in [0.2, 0.25) is 0 Å². The van der Waals surface area contributed by atoms with Gasteiger partial charge in [-0.05, 0) is 43.3 Å². The molecular weight excluding hydrogens is 268 g/mol. The van der Waals surface area contributed by atoms with Crippen LogP contribution in [0.15, 0.2) is 56.3 Å². The fourth-order valence-electron chi connectivity index (χ4n) is 2.49. The molecule has 0 spiro atoms. The van der Waals surface area contributed by atoms with Crippen molar-refractivity contribution < 1.29 is 13.6 Å². The number of furan rings is 1. The van der Waals surface area contributed by atoms with Crippen molar-refractivity contribution in [2.45, 2.75) is 13.0 Å². The van der Waals surface area contributed by atoms with Gasteiger partial charge in [0.25, 0.3) is 0 Å². The topological polar surface area (TPSA) is 52.6 Å². The Balaban J connectivity index is 2.04. The maximum absolute atomic E-state index is 12.3. The highest BCUT2D eigenvalue weighted by Gasteiger charge is 2.18. The predicted octanol–water partition coefficient (Wildman–Crippen LogP) is 3.85. The zero-order valence-electron chi connectivity index (χ0n) is 11.3. The van der Waals surface area contributed by atoms with Crippen molar-refractivity contribution in [3.8, 4) is 17.3 Å². The number of fused-ring (bicyclic) bond motifs is 3. The van der Waals surface area contributed by atoms with Crippen LogP contribution in [0.3, 0.4) is 0 Å². The van der Waals surface area contributed by atoms with E-state index in [4.69, 9.17) is 13.6 Å². The summed E-state index contributed by atoms with van der Waals surface area (Å²) in [5.41, 5.74) is 1.21. The van der Waals surface area contributed by atoms with E-state index in [1.165, 1.54) is 6.07 Å². The molecule has 104 valence electrons. The Morgan fingerprint density at radius 2 is 2.05 bits per heavy atom. The van der Waals surface area contributed by atoms with Crippen molar-refractivity contribution in [2.75, 3.05) is 0 Å². The van der Waals surface area contributed by atoms with Crippen molar-refractivity contribution in [1.82, 2.24) is 0 Å². The average Bonchev–Trinajstić information content (AvgIpc) is 3.00. The molecule has 0 radical (unpaired) electrons. The summed E-state index contributed by atoms with van der Waals surface area (Å²) in [7, 11) is 0. The number of benzene rings is 1. The van der Waals surface area contributed by atoms with Gasteiger partial charge in [0, 0.05) is 6.07 Å². The number of rotatable bonds is 1. The summed E-state index contributed by atoms with van der Waals surface area (Å²) in [6.45, 7) is 1.96. The molecule has 4 nitrogen and oxygen atoms in total.